The number of benzene rings is 1. The molecule has 0 aliphatic carbocycles. The summed E-state index contributed by atoms with van der Waals surface area (Å²) in [5.74, 6) is 0.776. The number of aryl methyl sites for hydroxylation is 1. The number of thiazole rings is 1. The van der Waals surface area contributed by atoms with Crippen LogP contribution >= 0.6 is 35.3 Å². The number of hydrogen-bond acceptors (Lipinski definition) is 4. The molecule has 0 radical (unpaired) electrons. The highest BCUT2D eigenvalue weighted by Crippen LogP contribution is 2.20. The predicted octanol–water partition coefficient (Wildman–Crippen LogP) is 3.97. The molecule has 2 N–H and O–H groups in total. The van der Waals surface area contributed by atoms with Gasteiger partial charge in [0.15, 0.2) is 5.96 Å². The normalized spacial score (nSPS) is 11.2. The van der Waals surface area contributed by atoms with Crippen LogP contribution < -0.4 is 15.4 Å². The van der Waals surface area contributed by atoms with Crippen molar-refractivity contribution in [2.75, 3.05) is 13.1 Å². The Kier molecular flexibility index (Phi) is 10.4. The Morgan fingerprint density at radius 1 is 1.31 bits per heavy atom. The van der Waals surface area contributed by atoms with Crippen molar-refractivity contribution in [1.82, 2.24) is 15.6 Å². The van der Waals surface area contributed by atoms with E-state index in [2.05, 4.69) is 25.3 Å². The number of nitrogens with zero attached hydrogens (tertiary/aromatic N) is 2. The molecule has 0 fully saturated rings. The molecular weight excluding hydrogens is 473 g/mol. The van der Waals surface area contributed by atoms with Crippen LogP contribution in [0.15, 0.2) is 35.5 Å². The zero-order valence-electron chi connectivity index (χ0n) is 14.7. The summed E-state index contributed by atoms with van der Waals surface area (Å²) >= 11 is 1.67. The number of aromatic nitrogens is 1. The molecule has 1 heterocycles. The predicted molar refractivity (Wildman–Crippen MR) is 112 cm³/mol. The fourth-order valence-corrected chi connectivity index (χ4v) is 2.94. The van der Waals surface area contributed by atoms with Crippen molar-refractivity contribution in [2.45, 2.75) is 33.4 Å². The summed E-state index contributed by atoms with van der Waals surface area (Å²) in [5.41, 5.74) is 0.607. The summed E-state index contributed by atoms with van der Waals surface area (Å²) in [7, 11) is 0. The monoisotopic (exact) mass is 496 g/mol. The van der Waals surface area contributed by atoms with Crippen molar-refractivity contribution < 1.29 is 13.5 Å². The Labute approximate surface area is 173 Å². The van der Waals surface area contributed by atoms with Crippen LogP contribution in [0.1, 0.15) is 22.4 Å². The Morgan fingerprint density at radius 2 is 2.08 bits per heavy atom. The van der Waals surface area contributed by atoms with Crippen molar-refractivity contribution in [3.05, 3.63) is 45.9 Å². The quantitative estimate of drug-likeness (QED) is 0.330. The van der Waals surface area contributed by atoms with Gasteiger partial charge in [-0.15, -0.1) is 35.3 Å². The largest absolute Gasteiger partial charge is 0.434 e. The van der Waals surface area contributed by atoms with Crippen LogP contribution in [0.3, 0.4) is 0 Å². The molecule has 1 aromatic carbocycles. The van der Waals surface area contributed by atoms with E-state index in [0.29, 0.717) is 24.6 Å². The zero-order valence-corrected chi connectivity index (χ0v) is 17.8. The topological polar surface area (TPSA) is 58.5 Å². The van der Waals surface area contributed by atoms with Gasteiger partial charge in [0.05, 0.1) is 11.6 Å². The molecule has 2 rings (SSSR count). The third-order valence-electron chi connectivity index (χ3n) is 3.24. The van der Waals surface area contributed by atoms with Gasteiger partial charge in [0.2, 0.25) is 0 Å². The Morgan fingerprint density at radius 3 is 2.73 bits per heavy atom. The fraction of sp³-hybridized carbons (Fsp3) is 0.412. The molecule has 0 aliphatic heterocycles. The standard InChI is InChI=1S/C17H22F2N4OS.HI/c1-3-20-17(21-9-8-15-22-10-12(2)25-15)23-11-13-6-4-5-7-14(13)24-16(18)19;/h4-7,10,16H,3,8-9,11H2,1-2H3,(H2,20,21,23);1H. The number of para-hydroxylation sites is 1. The van der Waals surface area contributed by atoms with Crippen LogP contribution in [0.5, 0.6) is 5.75 Å². The van der Waals surface area contributed by atoms with Gasteiger partial charge in [0, 0.05) is 36.1 Å². The van der Waals surface area contributed by atoms with E-state index in [1.807, 2.05) is 20.0 Å². The maximum Gasteiger partial charge on any atom is 0.387 e. The lowest BCUT2D eigenvalue weighted by molar-refractivity contribution is -0.0504. The van der Waals surface area contributed by atoms with Gasteiger partial charge in [-0.1, -0.05) is 18.2 Å². The minimum absolute atomic E-state index is 0. The zero-order chi connectivity index (χ0) is 18.1. The SMILES string of the molecule is CCNC(=NCc1ccccc1OC(F)F)NCCc1ncc(C)s1.I. The van der Waals surface area contributed by atoms with Gasteiger partial charge in [0.1, 0.15) is 5.75 Å². The van der Waals surface area contributed by atoms with Gasteiger partial charge >= 0.3 is 6.61 Å². The summed E-state index contributed by atoms with van der Waals surface area (Å²) < 4.78 is 29.5. The van der Waals surface area contributed by atoms with E-state index < -0.39 is 6.61 Å². The summed E-state index contributed by atoms with van der Waals surface area (Å²) in [6, 6.07) is 6.67. The first kappa shape index (κ1) is 22.6. The first-order valence-corrected chi connectivity index (χ1v) is 8.86. The van der Waals surface area contributed by atoms with Gasteiger partial charge in [-0.05, 0) is 19.9 Å². The third-order valence-corrected chi connectivity index (χ3v) is 4.21. The number of rotatable bonds is 8. The smallest absolute Gasteiger partial charge is 0.387 e. The number of aliphatic imine (C=N–C) groups is 1. The second-order valence-electron chi connectivity index (χ2n) is 5.22. The molecule has 9 heteroatoms. The lowest BCUT2D eigenvalue weighted by atomic mass is 10.2. The van der Waals surface area contributed by atoms with Crippen molar-refractivity contribution in [2.24, 2.45) is 4.99 Å². The summed E-state index contributed by atoms with van der Waals surface area (Å²) in [4.78, 5) is 9.95. The van der Waals surface area contributed by atoms with E-state index in [1.165, 1.54) is 10.9 Å². The molecular formula is C17H23F2IN4OS. The third kappa shape index (κ3) is 7.81. The lowest BCUT2D eigenvalue weighted by Gasteiger charge is -2.12. The number of alkyl halides is 2. The fourth-order valence-electron chi connectivity index (χ4n) is 2.16. The van der Waals surface area contributed by atoms with Gasteiger partial charge in [-0.25, -0.2) is 9.98 Å². The van der Waals surface area contributed by atoms with Gasteiger partial charge in [-0.2, -0.15) is 8.78 Å². The molecule has 0 aliphatic rings. The van der Waals surface area contributed by atoms with Crippen LogP contribution in [-0.4, -0.2) is 30.6 Å². The van der Waals surface area contributed by atoms with Crippen LogP contribution in [0.4, 0.5) is 8.78 Å². The molecule has 0 unspecified atom stereocenters. The molecule has 2 aromatic rings. The first-order chi connectivity index (χ1) is 12.1. The molecule has 5 nitrogen and oxygen atoms in total. The van der Waals surface area contributed by atoms with E-state index in [4.69, 9.17) is 0 Å². The van der Waals surface area contributed by atoms with E-state index in [-0.39, 0.29) is 36.3 Å². The average molecular weight is 496 g/mol. The molecule has 144 valence electrons. The maximum atomic E-state index is 12.5. The average Bonchev–Trinajstić information content (AvgIpc) is 2.98. The number of ether oxygens (including phenoxy) is 1. The second kappa shape index (κ2) is 12.0. The lowest BCUT2D eigenvalue weighted by Crippen LogP contribution is -2.38. The minimum atomic E-state index is -2.85. The molecule has 26 heavy (non-hydrogen) atoms. The first-order valence-electron chi connectivity index (χ1n) is 8.04. The molecule has 1 aromatic heterocycles. The van der Waals surface area contributed by atoms with E-state index in [1.54, 1.807) is 29.5 Å². The van der Waals surface area contributed by atoms with Gasteiger partial charge in [-0.3, -0.25) is 0 Å². The summed E-state index contributed by atoms with van der Waals surface area (Å²) in [5, 5.41) is 7.43. The highest BCUT2D eigenvalue weighted by Gasteiger charge is 2.09. The molecule has 0 atom stereocenters. The minimum Gasteiger partial charge on any atom is -0.434 e. The number of guanidine groups is 1. The van der Waals surface area contributed by atoms with Gasteiger partial charge in [0.25, 0.3) is 0 Å². The Balaban J connectivity index is 0.00000338. The van der Waals surface area contributed by atoms with E-state index >= 15 is 0 Å². The summed E-state index contributed by atoms with van der Waals surface area (Å²) in [6.07, 6.45) is 2.66. The number of halogens is 3. The number of hydrogen-bond donors (Lipinski definition) is 2. The second-order valence-corrected chi connectivity index (χ2v) is 6.54. The highest BCUT2D eigenvalue weighted by molar-refractivity contribution is 14.0. The van der Waals surface area contributed by atoms with Gasteiger partial charge < -0.3 is 15.4 Å². The van der Waals surface area contributed by atoms with Crippen LogP contribution in [0.2, 0.25) is 0 Å². The van der Waals surface area contributed by atoms with E-state index in [9.17, 15) is 8.78 Å². The Hall–Kier alpha value is -1.49. The van der Waals surface area contributed by atoms with Crippen LogP contribution in [0, 0.1) is 6.92 Å². The molecule has 0 saturated heterocycles. The maximum absolute atomic E-state index is 12.5. The molecule has 0 saturated carbocycles. The van der Waals surface area contributed by atoms with Crippen molar-refractivity contribution >= 4 is 41.3 Å². The molecule has 0 amide bonds. The van der Waals surface area contributed by atoms with Crippen molar-refractivity contribution in [1.29, 1.82) is 0 Å². The Bertz CT molecular complexity index is 697. The molecule has 0 bridgehead atoms. The molecule has 0 spiro atoms. The van der Waals surface area contributed by atoms with Crippen molar-refractivity contribution in [3.8, 4) is 5.75 Å². The highest BCUT2D eigenvalue weighted by atomic mass is 127. The van der Waals surface area contributed by atoms with Crippen LogP contribution in [0.25, 0.3) is 0 Å². The summed E-state index contributed by atoms with van der Waals surface area (Å²) in [6.45, 7) is 2.78. The van der Waals surface area contributed by atoms with E-state index in [0.717, 1.165) is 11.4 Å². The number of nitrogens with one attached hydrogen (secondary N) is 2. The van der Waals surface area contributed by atoms with Crippen molar-refractivity contribution in [3.63, 3.8) is 0 Å². The van der Waals surface area contributed by atoms with Crippen LogP contribution in [-0.2, 0) is 13.0 Å².